The molecule has 29 heavy (non-hydrogen) atoms. The molecule has 1 unspecified atom stereocenters. The number of hydrogen-bond donors (Lipinski definition) is 2. The second-order valence-corrected chi connectivity index (χ2v) is 7.35. The number of hydrogen-bond acceptors (Lipinski definition) is 3. The number of aliphatic imine (C=N–C) groups is 1. The Kier molecular flexibility index (Phi) is 6.10. The highest BCUT2D eigenvalue weighted by Gasteiger charge is 2.25. The van der Waals surface area contributed by atoms with Crippen molar-refractivity contribution in [1.29, 1.82) is 0 Å². The highest BCUT2D eigenvalue weighted by atomic mass is 16.5. The molecule has 152 valence electrons. The number of nitrogens with zero attached hydrogens (tertiary/aromatic N) is 3. The van der Waals surface area contributed by atoms with Crippen molar-refractivity contribution < 1.29 is 4.74 Å². The van der Waals surface area contributed by atoms with E-state index in [4.69, 9.17) is 9.73 Å². The third-order valence-corrected chi connectivity index (χ3v) is 5.28. The van der Waals surface area contributed by atoms with Crippen molar-refractivity contribution in [2.75, 3.05) is 32.8 Å². The number of rotatable bonds is 5. The molecule has 1 aliphatic rings. The summed E-state index contributed by atoms with van der Waals surface area (Å²) in [6, 6.07) is 16.6. The SMILES string of the molecule is CCNC(=NCCc1nc2ccccc2[nH]1)N1CCOC(c2ccccc2C)C1. The highest BCUT2D eigenvalue weighted by molar-refractivity contribution is 5.80. The maximum absolute atomic E-state index is 6.07. The minimum absolute atomic E-state index is 0.0733. The molecule has 2 aromatic carbocycles. The Bertz CT molecular complexity index is 947. The first-order valence-electron chi connectivity index (χ1n) is 10.4. The van der Waals surface area contributed by atoms with Crippen LogP contribution in [0.15, 0.2) is 53.5 Å². The van der Waals surface area contributed by atoms with Crippen molar-refractivity contribution in [2.45, 2.75) is 26.4 Å². The quantitative estimate of drug-likeness (QED) is 0.516. The van der Waals surface area contributed by atoms with Gasteiger partial charge in [0.05, 0.1) is 24.2 Å². The van der Waals surface area contributed by atoms with Crippen LogP contribution in [-0.4, -0.2) is 53.6 Å². The van der Waals surface area contributed by atoms with Gasteiger partial charge in [-0.05, 0) is 37.1 Å². The van der Waals surface area contributed by atoms with Crippen LogP contribution in [0.4, 0.5) is 0 Å². The Hall–Kier alpha value is -2.86. The molecule has 0 saturated carbocycles. The summed E-state index contributed by atoms with van der Waals surface area (Å²) < 4.78 is 6.07. The summed E-state index contributed by atoms with van der Waals surface area (Å²) in [6.07, 6.45) is 0.860. The largest absolute Gasteiger partial charge is 0.370 e. The first-order valence-corrected chi connectivity index (χ1v) is 10.4. The summed E-state index contributed by atoms with van der Waals surface area (Å²) >= 11 is 0. The molecular formula is C23H29N5O. The molecule has 1 saturated heterocycles. The van der Waals surface area contributed by atoms with Crippen molar-refractivity contribution in [3.05, 3.63) is 65.5 Å². The molecule has 6 nitrogen and oxygen atoms in total. The van der Waals surface area contributed by atoms with E-state index in [1.807, 2.05) is 18.2 Å². The monoisotopic (exact) mass is 391 g/mol. The van der Waals surface area contributed by atoms with Gasteiger partial charge in [0, 0.05) is 26.1 Å². The fraction of sp³-hybridized carbons (Fsp3) is 0.391. The van der Waals surface area contributed by atoms with Gasteiger partial charge in [-0.2, -0.15) is 0 Å². The predicted molar refractivity (Wildman–Crippen MR) is 117 cm³/mol. The molecule has 0 spiro atoms. The molecule has 3 aromatic rings. The lowest BCUT2D eigenvalue weighted by Crippen LogP contribution is -2.48. The molecule has 1 aliphatic heterocycles. The summed E-state index contributed by atoms with van der Waals surface area (Å²) in [6.45, 7) is 8.13. The molecule has 4 rings (SSSR count). The van der Waals surface area contributed by atoms with Gasteiger partial charge in [-0.1, -0.05) is 36.4 Å². The number of imidazole rings is 1. The number of para-hydroxylation sites is 2. The highest BCUT2D eigenvalue weighted by Crippen LogP contribution is 2.25. The molecule has 2 N–H and O–H groups in total. The standard InChI is InChI=1S/C23H29N5O/c1-3-24-23(25-13-12-22-26-19-10-6-7-11-20(19)27-22)28-14-15-29-21(16-28)18-9-5-4-8-17(18)2/h4-11,21H,3,12-16H2,1-2H3,(H,24,25)(H,26,27). The van der Waals surface area contributed by atoms with E-state index in [9.17, 15) is 0 Å². The van der Waals surface area contributed by atoms with E-state index >= 15 is 0 Å². The van der Waals surface area contributed by atoms with Gasteiger partial charge in [0.2, 0.25) is 0 Å². The lowest BCUT2D eigenvalue weighted by molar-refractivity contribution is -0.00832. The van der Waals surface area contributed by atoms with E-state index < -0.39 is 0 Å². The topological polar surface area (TPSA) is 65.5 Å². The summed E-state index contributed by atoms with van der Waals surface area (Å²) in [5, 5.41) is 3.44. The van der Waals surface area contributed by atoms with Crippen molar-refractivity contribution in [3.63, 3.8) is 0 Å². The van der Waals surface area contributed by atoms with Gasteiger partial charge in [0.15, 0.2) is 5.96 Å². The third-order valence-electron chi connectivity index (χ3n) is 5.28. The van der Waals surface area contributed by atoms with E-state index in [1.165, 1.54) is 11.1 Å². The Balaban J connectivity index is 1.43. The zero-order chi connectivity index (χ0) is 20.1. The van der Waals surface area contributed by atoms with Crippen molar-refractivity contribution in [1.82, 2.24) is 20.2 Å². The first-order chi connectivity index (χ1) is 14.2. The van der Waals surface area contributed by atoms with E-state index in [-0.39, 0.29) is 6.10 Å². The minimum atomic E-state index is 0.0733. The van der Waals surface area contributed by atoms with Crippen LogP contribution in [0.2, 0.25) is 0 Å². The molecule has 6 heteroatoms. The van der Waals surface area contributed by atoms with Crippen LogP contribution < -0.4 is 5.32 Å². The molecule has 0 bridgehead atoms. The zero-order valence-corrected chi connectivity index (χ0v) is 17.2. The third kappa shape index (κ3) is 4.59. The van der Waals surface area contributed by atoms with Crippen molar-refractivity contribution in [2.24, 2.45) is 4.99 Å². The molecule has 0 amide bonds. The normalized spacial score (nSPS) is 17.7. The van der Waals surface area contributed by atoms with Crippen molar-refractivity contribution >= 4 is 17.0 Å². The maximum Gasteiger partial charge on any atom is 0.194 e. The van der Waals surface area contributed by atoms with E-state index in [0.29, 0.717) is 13.2 Å². The van der Waals surface area contributed by atoms with Crippen LogP contribution in [0.3, 0.4) is 0 Å². The summed E-state index contributed by atoms with van der Waals surface area (Å²) in [7, 11) is 0. The van der Waals surface area contributed by atoms with Crippen LogP contribution >= 0.6 is 0 Å². The van der Waals surface area contributed by atoms with E-state index in [1.54, 1.807) is 0 Å². The van der Waals surface area contributed by atoms with Crippen LogP contribution in [0.1, 0.15) is 30.0 Å². The van der Waals surface area contributed by atoms with Gasteiger partial charge in [-0.15, -0.1) is 0 Å². The Morgan fingerprint density at radius 1 is 1.24 bits per heavy atom. The number of H-pyrrole nitrogens is 1. The second-order valence-electron chi connectivity index (χ2n) is 7.35. The molecule has 1 atom stereocenters. The second kappa shape index (κ2) is 9.09. The number of morpholine rings is 1. The van der Waals surface area contributed by atoms with Gasteiger partial charge in [-0.3, -0.25) is 4.99 Å². The Morgan fingerprint density at radius 2 is 2.07 bits per heavy atom. The number of fused-ring (bicyclic) bond motifs is 1. The zero-order valence-electron chi connectivity index (χ0n) is 17.2. The average molecular weight is 392 g/mol. The van der Waals surface area contributed by atoms with Crippen molar-refractivity contribution in [3.8, 4) is 0 Å². The lowest BCUT2D eigenvalue weighted by atomic mass is 10.0. The molecule has 0 aliphatic carbocycles. The van der Waals surface area contributed by atoms with Crippen LogP contribution in [-0.2, 0) is 11.2 Å². The number of nitrogens with one attached hydrogen (secondary N) is 2. The van der Waals surface area contributed by atoms with Gasteiger partial charge in [-0.25, -0.2) is 4.98 Å². The molecular weight excluding hydrogens is 362 g/mol. The molecule has 2 heterocycles. The number of guanidine groups is 1. The molecule has 1 fully saturated rings. The van der Waals surface area contributed by atoms with Crippen LogP contribution in [0.5, 0.6) is 0 Å². The minimum Gasteiger partial charge on any atom is -0.370 e. The van der Waals surface area contributed by atoms with Crippen LogP contribution in [0, 0.1) is 6.92 Å². The number of benzene rings is 2. The number of aryl methyl sites for hydroxylation is 1. The number of ether oxygens (including phenoxy) is 1. The average Bonchev–Trinajstić information content (AvgIpc) is 3.16. The van der Waals surface area contributed by atoms with Gasteiger partial charge >= 0.3 is 0 Å². The van der Waals surface area contributed by atoms with E-state index in [2.05, 4.69) is 64.4 Å². The van der Waals surface area contributed by atoms with Crippen LogP contribution in [0.25, 0.3) is 11.0 Å². The Morgan fingerprint density at radius 3 is 2.90 bits per heavy atom. The predicted octanol–water partition coefficient (Wildman–Crippen LogP) is 3.45. The summed E-state index contributed by atoms with van der Waals surface area (Å²) in [5.41, 5.74) is 4.61. The number of aromatic amines is 1. The Labute approximate surface area is 172 Å². The fourth-order valence-corrected chi connectivity index (χ4v) is 3.80. The lowest BCUT2D eigenvalue weighted by Gasteiger charge is -2.35. The summed E-state index contributed by atoms with van der Waals surface area (Å²) in [4.78, 5) is 15.2. The van der Waals surface area contributed by atoms with Gasteiger partial charge < -0.3 is 19.9 Å². The van der Waals surface area contributed by atoms with Gasteiger partial charge in [0.1, 0.15) is 11.9 Å². The number of aromatic nitrogens is 2. The smallest absolute Gasteiger partial charge is 0.194 e. The first kappa shape index (κ1) is 19.5. The fourth-order valence-electron chi connectivity index (χ4n) is 3.80. The maximum atomic E-state index is 6.07. The molecule has 1 aromatic heterocycles. The van der Waals surface area contributed by atoms with E-state index in [0.717, 1.165) is 48.9 Å². The molecule has 0 radical (unpaired) electrons. The summed E-state index contributed by atoms with van der Waals surface area (Å²) in [5.74, 6) is 1.93. The van der Waals surface area contributed by atoms with Gasteiger partial charge in [0.25, 0.3) is 0 Å².